The molecule has 4 nitrogen and oxygen atoms in total. The molecule has 2 aliphatic carbocycles. The van der Waals surface area contributed by atoms with Gasteiger partial charge in [-0.25, -0.2) is 0 Å². The molecule has 0 aromatic rings. The summed E-state index contributed by atoms with van der Waals surface area (Å²) in [7, 11) is 0. The second-order valence-corrected chi connectivity index (χ2v) is 9.50. The van der Waals surface area contributed by atoms with Gasteiger partial charge in [0, 0.05) is 24.7 Å². The van der Waals surface area contributed by atoms with E-state index in [0.717, 1.165) is 38.5 Å². The zero-order valence-corrected chi connectivity index (χ0v) is 15.0. The van der Waals surface area contributed by atoms with Crippen LogP contribution in [0, 0.1) is 22.7 Å². The highest BCUT2D eigenvalue weighted by Crippen LogP contribution is 2.53. The molecule has 0 N–H and O–H groups in total. The van der Waals surface area contributed by atoms with Crippen molar-refractivity contribution in [1.29, 1.82) is 0 Å². The topological polar surface area (TPSA) is 36.9 Å². The maximum absolute atomic E-state index is 5.90. The van der Waals surface area contributed by atoms with E-state index in [9.17, 15) is 0 Å². The van der Waals surface area contributed by atoms with Gasteiger partial charge in [-0.1, -0.05) is 41.5 Å². The Labute approximate surface area is 134 Å². The lowest BCUT2D eigenvalue weighted by molar-refractivity contribution is -0.676. The molecule has 4 heteroatoms. The monoisotopic (exact) mass is 312 g/mol. The van der Waals surface area contributed by atoms with Crippen LogP contribution in [0.2, 0.25) is 0 Å². The molecule has 1 aliphatic heterocycles. The lowest BCUT2D eigenvalue weighted by Crippen LogP contribution is -2.59. The normalized spacial score (nSPS) is 39.0. The van der Waals surface area contributed by atoms with Gasteiger partial charge in [-0.2, -0.15) is 19.6 Å². The van der Waals surface area contributed by atoms with Crippen LogP contribution in [-0.2, 0) is 19.6 Å². The number of rotatable bonds is 0. The fourth-order valence-corrected chi connectivity index (χ4v) is 4.50. The zero-order chi connectivity index (χ0) is 16.2. The summed E-state index contributed by atoms with van der Waals surface area (Å²) in [6.07, 6.45) is 5.85. The molecule has 128 valence electrons. The average molecular weight is 312 g/mol. The van der Waals surface area contributed by atoms with Crippen molar-refractivity contribution in [1.82, 2.24) is 0 Å². The smallest absolute Gasteiger partial charge is 0.195 e. The van der Waals surface area contributed by atoms with E-state index in [1.165, 1.54) is 0 Å². The fourth-order valence-electron chi connectivity index (χ4n) is 4.50. The van der Waals surface area contributed by atoms with Gasteiger partial charge >= 0.3 is 0 Å². The van der Waals surface area contributed by atoms with E-state index < -0.39 is 11.6 Å². The minimum Gasteiger partial charge on any atom is -0.195 e. The van der Waals surface area contributed by atoms with Crippen molar-refractivity contribution in [2.75, 3.05) is 0 Å². The Morgan fingerprint density at radius 1 is 0.591 bits per heavy atom. The van der Waals surface area contributed by atoms with Crippen molar-refractivity contribution in [2.45, 2.75) is 91.6 Å². The quantitative estimate of drug-likeness (QED) is 0.591. The van der Waals surface area contributed by atoms with Gasteiger partial charge in [0.1, 0.15) is 0 Å². The summed E-state index contributed by atoms with van der Waals surface area (Å²) in [5, 5.41) is 0. The van der Waals surface area contributed by atoms with Gasteiger partial charge in [-0.3, -0.25) is 0 Å². The molecule has 22 heavy (non-hydrogen) atoms. The first-order valence-corrected chi connectivity index (χ1v) is 8.82. The van der Waals surface area contributed by atoms with Gasteiger partial charge in [0.05, 0.1) is 0 Å². The van der Waals surface area contributed by atoms with Crippen molar-refractivity contribution in [3.8, 4) is 0 Å². The van der Waals surface area contributed by atoms with Gasteiger partial charge in [0.15, 0.2) is 0 Å². The van der Waals surface area contributed by atoms with Crippen molar-refractivity contribution in [2.24, 2.45) is 22.7 Å². The number of hydrogen-bond acceptors (Lipinski definition) is 4. The summed E-state index contributed by atoms with van der Waals surface area (Å²) < 4.78 is 0. The second kappa shape index (κ2) is 5.17. The van der Waals surface area contributed by atoms with Crippen LogP contribution in [0.4, 0.5) is 0 Å². The third kappa shape index (κ3) is 2.83. The van der Waals surface area contributed by atoms with E-state index in [2.05, 4.69) is 41.5 Å². The minimum absolute atomic E-state index is 0.254. The Balaban J connectivity index is 1.68. The fraction of sp³-hybridized carbons (Fsp3) is 1.00. The number of hydrogen-bond donors (Lipinski definition) is 0. The van der Waals surface area contributed by atoms with E-state index in [0.29, 0.717) is 10.8 Å². The van der Waals surface area contributed by atoms with Crippen LogP contribution in [0.25, 0.3) is 0 Å². The van der Waals surface area contributed by atoms with Gasteiger partial charge < -0.3 is 0 Å². The first-order chi connectivity index (χ1) is 10.1. The molecule has 1 heterocycles. The van der Waals surface area contributed by atoms with Crippen LogP contribution in [0.5, 0.6) is 0 Å². The summed E-state index contributed by atoms with van der Waals surface area (Å²) in [6, 6.07) is 0. The predicted molar refractivity (Wildman–Crippen MR) is 83.4 cm³/mol. The Morgan fingerprint density at radius 2 is 0.909 bits per heavy atom. The highest BCUT2D eigenvalue weighted by Gasteiger charge is 2.58. The molecular formula is C18H32O4. The van der Waals surface area contributed by atoms with Crippen molar-refractivity contribution in [3.63, 3.8) is 0 Å². The molecule has 3 fully saturated rings. The molecule has 2 unspecified atom stereocenters. The average Bonchev–Trinajstić information content (AvgIpc) is 2.41. The highest BCUT2D eigenvalue weighted by atomic mass is 17.4. The molecule has 0 aromatic heterocycles. The predicted octanol–water partition coefficient (Wildman–Crippen LogP) is 4.98. The third-order valence-corrected chi connectivity index (χ3v) is 6.17. The van der Waals surface area contributed by atoms with Gasteiger partial charge in [0.25, 0.3) is 0 Å². The Hall–Kier alpha value is -0.160. The lowest BCUT2D eigenvalue weighted by Gasteiger charge is -2.53. The lowest BCUT2D eigenvalue weighted by atomic mass is 9.69. The minimum atomic E-state index is -0.729. The van der Waals surface area contributed by atoms with Crippen LogP contribution in [0.15, 0.2) is 0 Å². The molecule has 0 aromatic carbocycles. The summed E-state index contributed by atoms with van der Waals surface area (Å²) in [5.41, 5.74) is 0.656. The first-order valence-electron chi connectivity index (χ1n) is 8.82. The standard InChI is InChI=1S/C18H32O4/c1-13-11-15(3,4)7-9-17(13)19-21-18(22-20-17)10-8-16(5,6)12-14(18)2/h13-14H,7-12H2,1-6H3. The molecule has 0 radical (unpaired) electrons. The zero-order valence-electron chi connectivity index (χ0n) is 15.0. The van der Waals surface area contributed by atoms with Crippen LogP contribution in [0.3, 0.4) is 0 Å². The molecular weight excluding hydrogens is 280 g/mol. The van der Waals surface area contributed by atoms with E-state index in [4.69, 9.17) is 19.6 Å². The van der Waals surface area contributed by atoms with Crippen LogP contribution >= 0.6 is 0 Å². The maximum Gasteiger partial charge on any atom is 0.236 e. The molecule has 1 saturated heterocycles. The van der Waals surface area contributed by atoms with Crippen LogP contribution in [-0.4, -0.2) is 11.6 Å². The van der Waals surface area contributed by atoms with Crippen molar-refractivity contribution in [3.05, 3.63) is 0 Å². The first kappa shape index (κ1) is 16.7. The summed E-state index contributed by atoms with van der Waals surface area (Å²) in [5.74, 6) is -0.950. The van der Waals surface area contributed by atoms with Crippen LogP contribution < -0.4 is 0 Å². The molecule has 0 amide bonds. The SMILES string of the molecule is CC1CC(C)(C)CCC12OOC1(CCC(C)(C)CC1C)OO2. The molecule has 3 rings (SSSR count). The van der Waals surface area contributed by atoms with Gasteiger partial charge in [0.2, 0.25) is 11.6 Å². The van der Waals surface area contributed by atoms with Crippen molar-refractivity contribution < 1.29 is 19.6 Å². The van der Waals surface area contributed by atoms with Gasteiger partial charge in [-0.05, 0) is 36.5 Å². The van der Waals surface area contributed by atoms with E-state index in [-0.39, 0.29) is 11.8 Å². The Morgan fingerprint density at radius 3 is 1.18 bits per heavy atom. The highest BCUT2D eigenvalue weighted by molar-refractivity contribution is 4.92. The summed E-state index contributed by atoms with van der Waals surface area (Å²) in [6.45, 7) is 13.5. The molecule has 2 saturated carbocycles. The second-order valence-electron chi connectivity index (χ2n) is 9.50. The summed E-state index contributed by atoms with van der Waals surface area (Å²) >= 11 is 0. The van der Waals surface area contributed by atoms with Crippen molar-refractivity contribution >= 4 is 0 Å². The maximum atomic E-state index is 5.90. The van der Waals surface area contributed by atoms with Gasteiger partial charge in [-0.15, -0.1) is 0 Å². The van der Waals surface area contributed by atoms with E-state index in [1.54, 1.807) is 0 Å². The molecule has 3 aliphatic rings. The molecule has 2 spiro atoms. The Kier molecular flexibility index (Phi) is 3.92. The van der Waals surface area contributed by atoms with E-state index in [1.807, 2.05) is 0 Å². The van der Waals surface area contributed by atoms with E-state index >= 15 is 0 Å². The largest absolute Gasteiger partial charge is 0.236 e. The summed E-state index contributed by atoms with van der Waals surface area (Å²) in [4.78, 5) is 23.6. The molecule has 0 bridgehead atoms. The third-order valence-electron chi connectivity index (χ3n) is 6.17. The molecule has 2 atom stereocenters. The Bertz CT molecular complexity index is 381. The van der Waals surface area contributed by atoms with Crippen LogP contribution in [0.1, 0.15) is 80.1 Å².